The smallest absolute Gasteiger partial charge is 0.169 e. The lowest BCUT2D eigenvalue weighted by Crippen LogP contribution is -2.21. The molecule has 1 N–H and O–H groups in total. The summed E-state index contributed by atoms with van der Waals surface area (Å²) in [6.07, 6.45) is 2.33. The van der Waals surface area contributed by atoms with Crippen LogP contribution in [0.4, 0.5) is 0 Å². The van der Waals surface area contributed by atoms with Gasteiger partial charge in [0.15, 0.2) is 4.67 Å². The van der Waals surface area contributed by atoms with Crippen molar-refractivity contribution in [1.82, 2.24) is 5.32 Å². The molecule has 0 spiro atoms. The highest BCUT2D eigenvalue weighted by atomic mass is 79.9. The molecule has 98 valence electrons. The molecular weight excluding hydrogens is 278 g/mol. The van der Waals surface area contributed by atoms with Crippen LogP contribution in [0.2, 0.25) is 0 Å². The average Bonchev–Trinajstić information content (AvgIpc) is 2.58. The molecule has 0 bridgehead atoms. The minimum absolute atomic E-state index is 0.304. The molecule has 0 fully saturated rings. The first-order chi connectivity index (χ1) is 7.81. The van der Waals surface area contributed by atoms with Crippen molar-refractivity contribution in [3.63, 3.8) is 0 Å². The fourth-order valence-electron chi connectivity index (χ4n) is 2.42. The van der Waals surface area contributed by atoms with Gasteiger partial charge in [-0.2, -0.15) is 0 Å². The maximum Gasteiger partial charge on any atom is 0.169 e. The van der Waals surface area contributed by atoms with Gasteiger partial charge in [-0.1, -0.05) is 27.7 Å². The van der Waals surface area contributed by atoms with E-state index in [1.165, 1.54) is 6.42 Å². The van der Waals surface area contributed by atoms with Crippen molar-refractivity contribution in [3.05, 3.63) is 22.6 Å². The highest BCUT2D eigenvalue weighted by molar-refractivity contribution is 9.10. The molecule has 0 saturated carbocycles. The Balaban J connectivity index is 2.58. The molecule has 0 aromatic carbocycles. The lowest BCUT2D eigenvalue weighted by Gasteiger charge is -2.25. The summed E-state index contributed by atoms with van der Waals surface area (Å²) in [6.45, 7) is 9.19. The molecular formula is C14H24BrNO. The summed E-state index contributed by atoms with van der Waals surface area (Å²) in [5.41, 5.74) is 0.390. The molecule has 0 saturated heterocycles. The topological polar surface area (TPSA) is 25.2 Å². The van der Waals surface area contributed by atoms with Gasteiger partial charge >= 0.3 is 0 Å². The maximum atomic E-state index is 5.62. The maximum absolute atomic E-state index is 5.62. The number of nitrogens with one attached hydrogen (secondary N) is 1. The van der Waals surface area contributed by atoms with E-state index in [-0.39, 0.29) is 0 Å². The van der Waals surface area contributed by atoms with Crippen molar-refractivity contribution in [1.29, 1.82) is 0 Å². The summed E-state index contributed by atoms with van der Waals surface area (Å²) >= 11 is 3.35. The van der Waals surface area contributed by atoms with E-state index in [1.54, 1.807) is 0 Å². The molecule has 1 aromatic rings. The third kappa shape index (κ3) is 5.26. The van der Waals surface area contributed by atoms with Crippen molar-refractivity contribution in [2.45, 2.75) is 46.6 Å². The van der Waals surface area contributed by atoms with Gasteiger partial charge in [-0.15, -0.1) is 0 Å². The van der Waals surface area contributed by atoms with Gasteiger partial charge in [0, 0.05) is 0 Å². The molecule has 0 radical (unpaired) electrons. The molecule has 1 heterocycles. The van der Waals surface area contributed by atoms with Crippen molar-refractivity contribution in [2.75, 3.05) is 7.05 Å². The van der Waals surface area contributed by atoms with E-state index in [2.05, 4.69) is 48.9 Å². The summed E-state index contributed by atoms with van der Waals surface area (Å²) in [5, 5.41) is 3.33. The van der Waals surface area contributed by atoms with Gasteiger partial charge in [-0.05, 0) is 59.3 Å². The van der Waals surface area contributed by atoms with Crippen LogP contribution in [0.15, 0.2) is 21.2 Å². The van der Waals surface area contributed by atoms with Crippen LogP contribution >= 0.6 is 15.9 Å². The first kappa shape index (κ1) is 14.8. The average molecular weight is 302 g/mol. The van der Waals surface area contributed by atoms with E-state index in [0.29, 0.717) is 17.4 Å². The summed E-state index contributed by atoms with van der Waals surface area (Å²) in [7, 11) is 1.99. The lowest BCUT2D eigenvalue weighted by atomic mass is 9.82. The Kier molecular flexibility index (Phi) is 5.26. The van der Waals surface area contributed by atoms with Gasteiger partial charge < -0.3 is 9.73 Å². The van der Waals surface area contributed by atoms with Crippen LogP contribution in [-0.4, -0.2) is 7.05 Å². The van der Waals surface area contributed by atoms with E-state index in [9.17, 15) is 0 Å². The molecule has 0 aliphatic carbocycles. The van der Waals surface area contributed by atoms with E-state index in [1.807, 2.05) is 19.2 Å². The normalized spacial score (nSPS) is 15.9. The molecule has 3 heteroatoms. The quantitative estimate of drug-likeness (QED) is 0.848. The van der Waals surface area contributed by atoms with E-state index in [4.69, 9.17) is 4.42 Å². The van der Waals surface area contributed by atoms with Crippen molar-refractivity contribution in [3.8, 4) is 0 Å². The predicted octanol–water partition coefficient (Wildman–Crippen LogP) is 4.77. The Labute approximate surface area is 113 Å². The second-order valence-corrected chi connectivity index (χ2v) is 6.87. The molecule has 0 amide bonds. The lowest BCUT2D eigenvalue weighted by molar-refractivity contribution is 0.267. The summed E-state index contributed by atoms with van der Waals surface area (Å²) in [5.74, 6) is 1.69. The molecule has 1 aromatic heterocycles. The monoisotopic (exact) mass is 301 g/mol. The Morgan fingerprint density at radius 1 is 1.35 bits per heavy atom. The van der Waals surface area contributed by atoms with Crippen molar-refractivity contribution in [2.24, 2.45) is 11.3 Å². The Bertz CT molecular complexity index is 340. The SMILES string of the molecule is CNC(CC(C)CC(C)(C)C)c1ccc(Br)o1. The van der Waals surface area contributed by atoms with Crippen molar-refractivity contribution >= 4 is 15.9 Å². The van der Waals surface area contributed by atoms with E-state index in [0.717, 1.165) is 16.9 Å². The third-order valence-electron chi connectivity index (χ3n) is 2.88. The van der Waals surface area contributed by atoms with Crippen LogP contribution in [0, 0.1) is 11.3 Å². The minimum atomic E-state index is 0.304. The zero-order valence-corrected chi connectivity index (χ0v) is 13.1. The van der Waals surface area contributed by atoms with Crippen LogP contribution in [0.3, 0.4) is 0 Å². The fraction of sp³-hybridized carbons (Fsp3) is 0.714. The Morgan fingerprint density at radius 2 is 2.00 bits per heavy atom. The second kappa shape index (κ2) is 6.05. The molecule has 1 rings (SSSR count). The van der Waals surface area contributed by atoms with Crippen LogP contribution in [0.1, 0.15) is 52.3 Å². The largest absolute Gasteiger partial charge is 0.453 e. The number of furan rings is 1. The highest BCUT2D eigenvalue weighted by Gasteiger charge is 2.21. The third-order valence-corrected chi connectivity index (χ3v) is 3.31. The van der Waals surface area contributed by atoms with Crippen molar-refractivity contribution < 1.29 is 4.42 Å². The van der Waals surface area contributed by atoms with E-state index < -0.39 is 0 Å². The first-order valence-corrected chi connectivity index (χ1v) is 7.03. The van der Waals surface area contributed by atoms with E-state index >= 15 is 0 Å². The second-order valence-electron chi connectivity index (χ2n) is 6.09. The zero-order valence-electron chi connectivity index (χ0n) is 11.5. The van der Waals surface area contributed by atoms with Gasteiger partial charge in [-0.3, -0.25) is 0 Å². The van der Waals surface area contributed by atoms with Gasteiger partial charge in [0.25, 0.3) is 0 Å². The number of halogens is 1. The van der Waals surface area contributed by atoms with Crippen LogP contribution in [-0.2, 0) is 0 Å². The first-order valence-electron chi connectivity index (χ1n) is 6.24. The number of rotatable bonds is 5. The zero-order chi connectivity index (χ0) is 13.1. The Hall–Kier alpha value is -0.280. The molecule has 2 atom stereocenters. The van der Waals surface area contributed by atoms with Crippen LogP contribution < -0.4 is 5.32 Å². The summed E-state index contributed by atoms with van der Waals surface area (Å²) < 4.78 is 6.42. The standard InChI is InChI=1S/C14H24BrNO/c1-10(9-14(2,3)4)8-11(16-5)12-6-7-13(15)17-12/h6-7,10-11,16H,8-9H2,1-5H3. The summed E-state index contributed by atoms with van der Waals surface area (Å²) in [4.78, 5) is 0. The van der Waals surface area contributed by atoms with Crippen LogP contribution in [0.25, 0.3) is 0 Å². The van der Waals surface area contributed by atoms with Gasteiger partial charge in [0.05, 0.1) is 6.04 Å². The Morgan fingerprint density at radius 3 is 2.41 bits per heavy atom. The molecule has 17 heavy (non-hydrogen) atoms. The molecule has 0 aliphatic rings. The van der Waals surface area contributed by atoms with Crippen LogP contribution in [0.5, 0.6) is 0 Å². The molecule has 2 unspecified atom stereocenters. The summed E-state index contributed by atoms with van der Waals surface area (Å²) in [6, 6.07) is 4.29. The minimum Gasteiger partial charge on any atom is -0.453 e. The highest BCUT2D eigenvalue weighted by Crippen LogP contribution is 2.31. The van der Waals surface area contributed by atoms with Gasteiger partial charge in [-0.25, -0.2) is 0 Å². The number of hydrogen-bond acceptors (Lipinski definition) is 2. The molecule has 0 aliphatic heterocycles. The number of hydrogen-bond donors (Lipinski definition) is 1. The molecule has 2 nitrogen and oxygen atoms in total. The fourth-order valence-corrected chi connectivity index (χ4v) is 2.74. The predicted molar refractivity (Wildman–Crippen MR) is 76.1 cm³/mol. The van der Waals surface area contributed by atoms with Gasteiger partial charge in [0.1, 0.15) is 5.76 Å². The van der Waals surface area contributed by atoms with Gasteiger partial charge in [0.2, 0.25) is 0 Å².